The fraction of sp³-hybridized carbons (Fsp3) is 0.733. The summed E-state index contributed by atoms with van der Waals surface area (Å²) in [6.07, 6.45) is 1.63. The molecule has 1 amide bonds. The van der Waals surface area contributed by atoms with E-state index in [-0.39, 0.29) is 24.5 Å². The third-order valence-corrected chi connectivity index (χ3v) is 4.33. The van der Waals surface area contributed by atoms with Gasteiger partial charge in [-0.1, -0.05) is 12.7 Å². The highest BCUT2D eigenvalue weighted by molar-refractivity contribution is 6.69. The van der Waals surface area contributed by atoms with Crippen molar-refractivity contribution in [3.05, 3.63) is 12.7 Å². The first-order valence-electron chi connectivity index (χ1n) is 7.63. The molecule has 1 heterocycles. The zero-order valence-corrected chi connectivity index (χ0v) is 15.0. The van der Waals surface area contributed by atoms with Crippen molar-refractivity contribution >= 4 is 20.4 Å². The number of amides is 1. The third-order valence-electron chi connectivity index (χ3n) is 3.30. The molecule has 0 spiro atoms. The van der Waals surface area contributed by atoms with Gasteiger partial charge in [0.25, 0.3) is 0 Å². The molecular formula is C15H27NO5Si. The molecule has 22 heavy (non-hydrogen) atoms. The predicted octanol–water partition coefficient (Wildman–Crippen LogP) is 2.41. The van der Waals surface area contributed by atoms with Crippen LogP contribution in [0.25, 0.3) is 0 Å². The van der Waals surface area contributed by atoms with Crippen LogP contribution in [0.3, 0.4) is 0 Å². The molecule has 0 saturated carbocycles. The van der Waals surface area contributed by atoms with E-state index in [1.165, 1.54) is 6.08 Å². The Balaban J connectivity index is 2.72. The predicted molar refractivity (Wildman–Crippen MR) is 86.1 cm³/mol. The summed E-state index contributed by atoms with van der Waals surface area (Å²) in [4.78, 5) is 25.6. The lowest BCUT2D eigenvalue weighted by molar-refractivity contribution is -0.147. The number of esters is 1. The Kier molecular flexibility index (Phi) is 7.08. The summed E-state index contributed by atoms with van der Waals surface area (Å²) in [5, 5.41) is 0. The first-order chi connectivity index (χ1) is 10.3. The molecule has 0 aromatic carbocycles. The first kappa shape index (κ1) is 18.7. The number of likely N-dealkylation sites (tertiary alicyclic amines) is 1. The second-order valence-electron chi connectivity index (χ2n) is 6.28. The van der Waals surface area contributed by atoms with Gasteiger partial charge in [-0.25, -0.2) is 4.79 Å². The average Bonchev–Trinajstić information content (AvgIpc) is 2.86. The molecule has 0 bridgehead atoms. The molecule has 126 valence electrons. The first-order valence-corrected chi connectivity index (χ1v) is 11.0. The van der Waals surface area contributed by atoms with Crippen LogP contribution in [0.2, 0.25) is 19.6 Å². The van der Waals surface area contributed by atoms with Crippen LogP contribution in [0.4, 0.5) is 4.79 Å². The van der Waals surface area contributed by atoms with Crippen LogP contribution >= 0.6 is 0 Å². The molecule has 2 atom stereocenters. The van der Waals surface area contributed by atoms with Gasteiger partial charge in [0, 0.05) is 6.54 Å². The summed E-state index contributed by atoms with van der Waals surface area (Å²) in [6.45, 7) is 12.8. The maximum absolute atomic E-state index is 12.1. The SMILES string of the molecule is C=CCOC(=O)N1C[C@H](C(=O)OCC)C[C@H]1CO[Si](C)(C)C. The fourth-order valence-corrected chi connectivity index (χ4v) is 2.98. The van der Waals surface area contributed by atoms with Crippen molar-refractivity contribution in [1.29, 1.82) is 0 Å². The zero-order valence-electron chi connectivity index (χ0n) is 14.0. The summed E-state index contributed by atoms with van der Waals surface area (Å²) in [5.74, 6) is -0.578. The molecule has 1 aliphatic heterocycles. The lowest BCUT2D eigenvalue weighted by Crippen LogP contribution is -2.41. The van der Waals surface area contributed by atoms with E-state index in [0.717, 1.165) is 0 Å². The van der Waals surface area contributed by atoms with E-state index in [2.05, 4.69) is 26.2 Å². The number of hydrogen-bond acceptors (Lipinski definition) is 5. The maximum atomic E-state index is 12.1. The largest absolute Gasteiger partial charge is 0.466 e. The van der Waals surface area contributed by atoms with Crippen molar-refractivity contribution in [3.8, 4) is 0 Å². The quantitative estimate of drug-likeness (QED) is 0.408. The van der Waals surface area contributed by atoms with Crippen LogP contribution in [-0.2, 0) is 18.7 Å². The van der Waals surface area contributed by atoms with Crippen molar-refractivity contribution in [2.75, 3.05) is 26.4 Å². The standard InChI is InChI=1S/C15H27NO5Si/c1-6-8-20-15(18)16-10-12(14(17)19-7-2)9-13(16)11-21-22(3,4)5/h6,12-13H,1,7-11H2,2-5H3/t12-,13+/m1/s1. The molecule has 1 fully saturated rings. The molecule has 7 heteroatoms. The highest BCUT2D eigenvalue weighted by Crippen LogP contribution is 2.26. The Bertz CT molecular complexity index is 407. The van der Waals surface area contributed by atoms with Crippen LogP contribution in [0.1, 0.15) is 13.3 Å². The van der Waals surface area contributed by atoms with Gasteiger partial charge in [0.15, 0.2) is 8.32 Å². The van der Waals surface area contributed by atoms with Gasteiger partial charge in [-0.05, 0) is 33.0 Å². The van der Waals surface area contributed by atoms with Crippen LogP contribution in [-0.4, -0.2) is 57.7 Å². The van der Waals surface area contributed by atoms with Gasteiger partial charge in [-0.2, -0.15) is 0 Å². The molecule has 0 aromatic heterocycles. The van der Waals surface area contributed by atoms with Gasteiger partial charge in [0.2, 0.25) is 0 Å². The van der Waals surface area contributed by atoms with Crippen LogP contribution in [0, 0.1) is 5.92 Å². The number of rotatable bonds is 7. The van der Waals surface area contributed by atoms with Crippen LogP contribution in [0.15, 0.2) is 12.7 Å². The minimum absolute atomic E-state index is 0.154. The molecule has 0 aromatic rings. The molecule has 1 rings (SSSR count). The van der Waals surface area contributed by atoms with Crippen molar-refractivity contribution in [2.45, 2.75) is 39.0 Å². The van der Waals surface area contributed by atoms with Gasteiger partial charge in [0.05, 0.1) is 25.2 Å². The summed E-state index contributed by atoms with van der Waals surface area (Å²) >= 11 is 0. The monoisotopic (exact) mass is 329 g/mol. The van der Waals surface area contributed by atoms with E-state index in [1.807, 2.05) is 0 Å². The average molecular weight is 329 g/mol. The number of carbonyl (C=O) groups excluding carboxylic acids is 2. The molecule has 1 aliphatic rings. The topological polar surface area (TPSA) is 65.1 Å². The minimum atomic E-state index is -1.69. The number of ether oxygens (including phenoxy) is 2. The van der Waals surface area contributed by atoms with Gasteiger partial charge in [-0.3, -0.25) is 4.79 Å². The molecule has 0 radical (unpaired) electrons. The Morgan fingerprint density at radius 3 is 2.55 bits per heavy atom. The van der Waals surface area contributed by atoms with Crippen molar-refractivity contribution in [2.24, 2.45) is 5.92 Å². The number of nitrogens with zero attached hydrogens (tertiary/aromatic N) is 1. The van der Waals surface area contributed by atoms with E-state index in [0.29, 0.717) is 26.2 Å². The second kappa shape index (κ2) is 8.33. The Morgan fingerprint density at radius 1 is 1.32 bits per heavy atom. The Hall–Kier alpha value is -1.34. The van der Waals surface area contributed by atoms with Crippen LogP contribution in [0.5, 0.6) is 0 Å². The smallest absolute Gasteiger partial charge is 0.410 e. The summed E-state index contributed by atoms with van der Waals surface area (Å²) in [5.41, 5.74) is 0. The normalized spacial score (nSPS) is 21.5. The zero-order chi connectivity index (χ0) is 16.8. The van der Waals surface area contributed by atoms with Gasteiger partial charge >= 0.3 is 12.1 Å². The molecular weight excluding hydrogens is 302 g/mol. The highest BCUT2D eigenvalue weighted by Gasteiger charge is 2.40. The van der Waals surface area contributed by atoms with Gasteiger partial charge < -0.3 is 18.8 Å². The Labute approximate surface area is 133 Å². The van der Waals surface area contributed by atoms with E-state index in [4.69, 9.17) is 13.9 Å². The van der Waals surface area contributed by atoms with E-state index in [9.17, 15) is 9.59 Å². The highest BCUT2D eigenvalue weighted by atomic mass is 28.4. The minimum Gasteiger partial charge on any atom is -0.466 e. The molecule has 6 nitrogen and oxygen atoms in total. The lowest BCUT2D eigenvalue weighted by atomic mass is 10.1. The van der Waals surface area contributed by atoms with Crippen molar-refractivity contribution in [3.63, 3.8) is 0 Å². The number of hydrogen-bond donors (Lipinski definition) is 0. The summed E-state index contributed by atoms with van der Waals surface area (Å²) < 4.78 is 16.1. The number of carbonyl (C=O) groups is 2. The maximum Gasteiger partial charge on any atom is 0.410 e. The van der Waals surface area contributed by atoms with Crippen LogP contribution < -0.4 is 0 Å². The van der Waals surface area contributed by atoms with Crippen molar-refractivity contribution < 1.29 is 23.5 Å². The second-order valence-corrected chi connectivity index (χ2v) is 10.8. The van der Waals surface area contributed by atoms with E-state index in [1.54, 1.807) is 11.8 Å². The molecule has 1 saturated heterocycles. The van der Waals surface area contributed by atoms with Gasteiger partial charge in [0.1, 0.15) is 6.61 Å². The summed E-state index contributed by atoms with van der Waals surface area (Å²) in [7, 11) is -1.69. The third kappa shape index (κ3) is 5.80. The van der Waals surface area contributed by atoms with E-state index < -0.39 is 14.4 Å². The lowest BCUT2D eigenvalue weighted by Gasteiger charge is -2.26. The summed E-state index contributed by atoms with van der Waals surface area (Å²) in [6, 6.07) is -0.154. The molecule has 0 unspecified atom stereocenters. The molecule has 0 aliphatic carbocycles. The molecule has 0 N–H and O–H groups in total. The van der Waals surface area contributed by atoms with Gasteiger partial charge in [-0.15, -0.1) is 0 Å². The Morgan fingerprint density at radius 2 is 2.00 bits per heavy atom. The van der Waals surface area contributed by atoms with Crippen molar-refractivity contribution in [1.82, 2.24) is 4.90 Å². The fourth-order valence-electron chi connectivity index (χ4n) is 2.29. The van der Waals surface area contributed by atoms with E-state index >= 15 is 0 Å².